The van der Waals surface area contributed by atoms with Crippen LogP contribution in [0.3, 0.4) is 0 Å². The van der Waals surface area contributed by atoms with Crippen LogP contribution in [0.2, 0.25) is 0 Å². The van der Waals surface area contributed by atoms with Crippen molar-refractivity contribution in [3.8, 4) is 0 Å². The van der Waals surface area contributed by atoms with E-state index in [0.29, 0.717) is 5.82 Å². The summed E-state index contributed by atoms with van der Waals surface area (Å²) in [7, 11) is -1.86. The third-order valence-corrected chi connectivity index (χ3v) is 4.18. The van der Waals surface area contributed by atoms with Crippen molar-refractivity contribution in [2.75, 3.05) is 0 Å². The van der Waals surface area contributed by atoms with Crippen molar-refractivity contribution < 1.29 is 8.42 Å². The van der Waals surface area contributed by atoms with Crippen molar-refractivity contribution in [1.29, 1.82) is 0 Å². The van der Waals surface area contributed by atoms with Gasteiger partial charge in [-0.15, -0.1) is 0 Å². The normalized spacial score (nSPS) is 13.6. The summed E-state index contributed by atoms with van der Waals surface area (Å²) in [6, 6.07) is 0. The second-order valence-corrected chi connectivity index (χ2v) is 5.80. The highest BCUT2D eigenvalue weighted by Gasteiger charge is 2.23. The Morgan fingerprint density at radius 1 is 1.75 bits per heavy atom. The maximum Gasteiger partial charge on any atom is 0.221 e. The minimum absolute atomic E-state index is 0.0239. The highest BCUT2D eigenvalue weighted by atomic mass is 32.2. The number of aromatic nitrogens is 3. The molecule has 1 aromatic rings. The lowest BCUT2D eigenvalue weighted by molar-refractivity contribution is 0.575. The fourth-order valence-corrected chi connectivity index (χ4v) is 2.17. The first kappa shape index (κ1) is 13.0. The van der Waals surface area contributed by atoms with E-state index in [1.54, 1.807) is 7.05 Å². The van der Waals surface area contributed by atoms with E-state index in [0.717, 1.165) is 0 Å². The minimum Gasteiger partial charge on any atom is -0.392 e. The van der Waals surface area contributed by atoms with Gasteiger partial charge in [0.05, 0.1) is 11.5 Å². The van der Waals surface area contributed by atoms with Gasteiger partial charge in [-0.05, 0) is 6.92 Å². The van der Waals surface area contributed by atoms with Gasteiger partial charge in [-0.2, -0.15) is 5.10 Å². The van der Waals surface area contributed by atoms with Crippen LogP contribution in [-0.4, -0.2) is 33.4 Å². The summed E-state index contributed by atoms with van der Waals surface area (Å²) in [4.78, 5) is 3.82. The van der Waals surface area contributed by atoms with Crippen LogP contribution in [0, 0.1) is 0 Å². The second-order valence-electron chi connectivity index (χ2n) is 3.25. The smallest absolute Gasteiger partial charge is 0.221 e. The SMILES string of the molecule is CC(C(N)=S)S(=O)(=O)NCc1ncn(C)n1. The molecule has 0 bridgehead atoms. The molecule has 1 rings (SSSR count). The molecule has 0 amide bonds. The Kier molecular flexibility index (Phi) is 3.94. The third-order valence-electron chi connectivity index (χ3n) is 1.94. The van der Waals surface area contributed by atoms with Gasteiger partial charge in [0, 0.05) is 7.05 Å². The van der Waals surface area contributed by atoms with Crippen LogP contribution in [0.1, 0.15) is 12.7 Å². The summed E-state index contributed by atoms with van der Waals surface area (Å²) in [5.74, 6) is 0.390. The summed E-state index contributed by atoms with van der Waals surface area (Å²) in [5, 5.41) is 3.02. The van der Waals surface area contributed by atoms with Crippen molar-refractivity contribution in [3.63, 3.8) is 0 Å². The lowest BCUT2D eigenvalue weighted by atomic mass is 10.5. The van der Waals surface area contributed by atoms with Gasteiger partial charge in [-0.1, -0.05) is 12.2 Å². The van der Waals surface area contributed by atoms with Gasteiger partial charge in [0.15, 0.2) is 5.82 Å². The molecule has 0 aliphatic rings. The van der Waals surface area contributed by atoms with E-state index >= 15 is 0 Å². The molecular formula is C7H13N5O2S2. The Balaban J connectivity index is 2.65. The van der Waals surface area contributed by atoms with Gasteiger partial charge in [-0.3, -0.25) is 4.68 Å². The first-order chi connectivity index (χ1) is 7.33. The van der Waals surface area contributed by atoms with Gasteiger partial charge < -0.3 is 5.73 Å². The fraction of sp³-hybridized carbons (Fsp3) is 0.571. The molecule has 3 N–H and O–H groups in total. The topological polar surface area (TPSA) is 103 Å². The molecule has 0 aliphatic heterocycles. The lowest BCUT2D eigenvalue weighted by Gasteiger charge is -2.10. The molecule has 0 aromatic carbocycles. The number of rotatable bonds is 5. The second kappa shape index (κ2) is 4.85. The molecule has 0 radical (unpaired) electrons. The van der Waals surface area contributed by atoms with Crippen LogP contribution in [-0.2, 0) is 23.6 Å². The maximum atomic E-state index is 11.6. The Morgan fingerprint density at radius 2 is 2.38 bits per heavy atom. The Hall–Kier alpha value is -1.06. The molecule has 0 spiro atoms. The number of hydrogen-bond donors (Lipinski definition) is 2. The van der Waals surface area contributed by atoms with Crippen molar-refractivity contribution in [2.24, 2.45) is 12.8 Å². The van der Waals surface area contributed by atoms with Crippen LogP contribution < -0.4 is 10.5 Å². The average molecular weight is 263 g/mol. The van der Waals surface area contributed by atoms with E-state index in [-0.39, 0.29) is 11.5 Å². The van der Waals surface area contributed by atoms with Gasteiger partial charge in [0.25, 0.3) is 0 Å². The number of aryl methyl sites for hydroxylation is 1. The summed E-state index contributed by atoms with van der Waals surface area (Å²) in [5.41, 5.74) is 5.27. The molecule has 16 heavy (non-hydrogen) atoms. The highest BCUT2D eigenvalue weighted by Crippen LogP contribution is 1.99. The molecule has 1 atom stereocenters. The molecule has 1 aromatic heterocycles. The van der Waals surface area contributed by atoms with Crippen molar-refractivity contribution >= 4 is 27.2 Å². The number of nitrogens with two attached hydrogens (primary N) is 1. The van der Waals surface area contributed by atoms with Crippen molar-refractivity contribution in [1.82, 2.24) is 19.5 Å². The summed E-state index contributed by atoms with van der Waals surface area (Å²) >= 11 is 4.62. The van der Waals surface area contributed by atoms with Crippen LogP contribution in [0.4, 0.5) is 0 Å². The van der Waals surface area contributed by atoms with Crippen molar-refractivity contribution in [3.05, 3.63) is 12.2 Å². The lowest BCUT2D eigenvalue weighted by Crippen LogP contribution is -2.39. The Labute approximate surface area is 99.1 Å². The third kappa shape index (κ3) is 3.22. The first-order valence-electron chi connectivity index (χ1n) is 4.45. The largest absolute Gasteiger partial charge is 0.392 e. The van der Waals surface area contributed by atoms with Gasteiger partial charge in [-0.25, -0.2) is 18.1 Å². The molecule has 90 valence electrons. The van der Waals surface area contributed by atoms with Gasteiger partial charge in [0.1, 0.15) is 11.6 Å². The van der Waals surface area contributed by atoms with E-state index < -0.39 is 15.3 Å². The summed E-state index contributed by atoms with van der Waals surface area (Å²) in [6.07, 6.45) is 1.49. The van der Waals surface area contributed by atoms with E-state index in [1.807, 2.05) is 0 Å². The summed E-state index contributed by atoms with van der Waals surface area (Å²) < 4.78 is 27.0. The van der Waals surface area contributed by atoms with Crippen LogP contribution in [0.15, 0.2) is 6.33 Å². The van der Waals surface area contributed by atoms with Gasteiger partial charge >= 0.3 is 0 Å². The zero-order valence-electron chi connectivity index (χ0n) is 8.91. The average Bonchev–Trinajstić information content (AvgIpc) is 2.60. The van der Waals surface area contributed by atoms with Crippen LogP contribution in [0.25, 0.3) is 0 Å². The molecule has 0 saturated heterocycles. The molecule has 0 aliphatic carbocycles. The molecule has 1 unspecified atom stereocenters. The molecule has 0 fully saturated rings. The highest BCUT2D eigenvalue weighted by molar-refractivity contribution is 7.93. The Morgan fingerprint density at radius 3 is 2.81 bits per heavy atom. The number of nitrogens with zero attached hydrogens (tertiary/aromatic N) is 3. The standard InChI is InChI=1S/C7H13N5O2S2/c1-5(7(8)15)16(13,14)10-3-6-9-4-12(2)11-6/h4-5,10H,3H2,1-2H3,(H2,8,15). The number of nitrogens with one attached hydrogen (secondary N) is 1. The monoisotopic (exact) mass is 263 g/mol. The number of hydrogen-bond acceptors (Lipinski definition) is 5. The zero-order valence-corrected chi connectivity index (χ0v) is 10.5. The predicted molar refractivity (Wildman–Crippen MR) is 63.0 cm³/mol. The van der Waals surface area contributed by atoms with E-state index in [2.05, 4.69) is 27.0 Å². The molecular weight excluding hydrogens is 250 g/mol. The van der Waals surface area contributed by atoms with Crippen LogP contribution >= 0.6 is 12.2 Å². The summed E-state index contributed by atoms with van der Waals surface area (Å²) in [6.45, 7) is 1.45. The molecule has 9 heteroatoms. The quantitative estimate of drug-likeness (QED) is 0.654. The van der Waals surface area contributed by atoms with Crippen molar-refractivity contribution in [2.45, 2.75) is 18.7 Å². The first-order valence-corrected chi connectivity index (χ1v) is 6.40. The predicted octanol–water partition coefficient (Wildman–Crippen LogP) is -1.09. The van der Waals surface area contributed by atoms with Crippen LogP contribution in [0.5, 0.6) is 0 Å². The Bertz CT molecular complexity index is 481. The maximum absolute atomic E-state index is 11.6. The number of sulfonamides is 1. The molecule has 1 heterocycles. The van der Waals surface area contributed by atoms with E-state index in [4.69, 9.17) is 5.73 Å². The fourth-order valence-electron chi connectivity index (χ4n) is 0.908. The zero-order chi connectivity index (χ0) is 12.3. The molecule has 7 nitrogen and oxygen atoms in total. The number of thiocarbonyl (C=S) groups is 1. The minimum atomic E-state index is -3.55. The molecule has 0 saturated carbocycles. The van der Waals surface area contributed by atoms with E-state index in [1.165, 1.54) is 17.9 Å². The van der Waals surface area contributed by atoms with E-state index in [9.17, 15) is 8.42 Å². The van der Waals surface area contributed by atoms with Gasteiger partial charge in [0.2, 0.25) is 10.0 Å².